The highest BCUT2D eigenvalue weighted by molar-refractivity contribution is 7.80. The summed E-state index contributed by atoms with van der Waals surface area (Å²) in [5.74, 6) is -0.0587. The third kappa shape index (κ3) is 4.59. The van der Waals surface area contributed by atoms with Crippen molar-refractivity contribution in [3.8, 4) is 0 Å². The zero-order chi connectivity index (χ0) is 25.2. The molecule has 10 heteroatoms. The summed E-state index contributed by atoms with van der Waals surface area (Å²) in [5, 5.41) is 15.0. The van der Waals surface area contributed by atoms with Gasteiger partial charge in [-0.1, -0.05) is 23.8 Å². The van der Waals surface area contributed by atoms with Gasteiger partial charge in [-0.3, -0.25) is 14.5 Å². The highest BCUT2D eigenvalue weighted by atomic mass is 32.1. The van der Waals surface area contributed by atoms with Crippen molar-refractivity contribution in [2.75, 3.05) is 11.9 Å². The van der Waals surface area contributed by atoms with Gasteiger partial charge in [0.15, 0.2) is 5.11 Å². The Bertz CT molecular complexity index is 1370. The molecule has 1 aliphatic rings. The Balaban J connectivity index is 1.44. The van der Waals surface area contributed by atoms with Gasteiger partial charge < -0.3 is 15.5 Å². The predicted octanol–water partition coefficient (Wildman–Crippen LogP) is 3.71. The van der Waals surface area contributed by atoms with Crippen molar-refractivity contribution in [1.82, 2.24) is 34.8 Å². The number of anilines is 1. The quantitative estimate of drug-likeness (QED) is 0.374. The Morgan fingerprint density at radius 2 is 1.83 bits per heavy atom. The van der Waals surface area contributed by atoms with Crippen molar-refractivity contribution in [2.24, 2.45) is 0 Å². The van der Waals surface area contributed by atoms with Crippen LogP contribution in [0.3, 0.4) is 0 Å². The molecule has 2 unspecified atom stereocenters. The number of amides is 1. The Morgan fingerprint density at radius 3 is 2.53 bits per heavy atom. The van der Waals surface area contributed by atoms with Crippen LogP contribution in [0.4, 0.5) is 5.69 Å². The van der Waals surface area contributed by atoms with Gasteiger partial charge in [-0.15, -0.1) is 10.2 Å². The molecule has 1 aromatic carbocycles. The average Bonchev–Trinajstić information content (AvgIpc) is 3.58. The lowest BCUT2D eigenvalue weighted by molar-refractivity contribution is -0.116. The van der Waals surface area contributed by atoms with E-state index >= 15 is 0 Å². The van der Waals surface area contributed by atoms with Gasteiger partial charge in [0.1, 0.15) is 12.7 Å². The standard InChI is InChI=1S/C26H28N8OS/c1-17-7-9-20(10-8-17)30-23(35)11-13-33-25(24(31-26(33)36)22-6-4-5-12-27-22)21-14-18(2)34(19(21)3)32-15-28-29-16-32/h4-10,12,14-16,24-25H,11,13H2,1-3H3,(H,30,35)(H,31,36). The summed E-state index contributed by atoms with van der Waals surface area (Å²) in [5.41, 5.74) is 6.01. The maximum atomic E-state index is 12.8. The topological polar surface area (TPSA) is 92.9 Å². The smallest absolute Gasteiger partial charge is 0.226 e. The predicted molar refractivity (Wildman–Crippen MR) is 141 cm³/mol. The van der Waals surface area contributed by atoms with E-state index in [-0.39, 0.29) is 18.0 Å². The number of pyridine rings is 1. The van der Waals surface area contributed by atoms with Gasteiger partial charge in [-0.05, 0) is 63.3 Å². The zero-order valence-corrected chi connectivity index (χ0v) is 21.2. The van der Waals surface area contributed by atoms with Crippen molar-refractivity contribution in [2.45, 2.75) is 39.3 Å². The van der Waals surface area contributed by atoms with E-state index < -0.39 is 0 Å². The van der Waals surface area contributed by atoms with Gasteiger partial charge in [0.2, 0.25) is 5.91 Å². The molecule has 5 rings (SSSR count). The van der Waals surface area contributed by atoms with E-state index in [0.29, 0.717) is 18.1 Å². The Morgan fingerprint density at radius 1 is 1.08 bits per heavy atom. The number of benzene rings is 1. The first-order valence-corrected chi connectivity index (χ1v) is 12.2. The number of carbonyl (C=O) groups is 1. The van der Waals surface area contributed by atoms with E-state index in [1.54, 1.807) is 18.9 Å². The molecule has 0 radical (unpaired) electrons. The Kier molecular flexibility index (Phi) is 6.51. The number of aromatic nitrogens is 5. The lowest BCUT2D eigenvalue weighted by Crippen LogP contribution is -2.33. The van der Waals surface area contributed by atoms with E-state index in [1.807, 2.05) is 61.0 Å². The number of aryl methyl sites for hydroxylation is 2. The van der Waals surface area contributed by atoms with Crippen LogP contribution in [0.5, 0.6) is 0 Å². The number of hydrogen-bond acceptors (Lipinski definition) is 5. The molecule has 0 saturated carbocycles. The molecule has 2 atom stereocenters. The van der Waals surface area contributed by atoms with Crippen molar-refractivity contribution in [1.29, 1.82) is 0 Å². The van der Waals surface area contributed by atoms with Gasteiger partial charge in [0.05, 0.1) is 17.8 Å². The van der Waals surface area contributed by atoms with Crippen LogP contribution in [0.15, 0.2) is 67.4 Å². The van der Waals surface area contributed by atoms with Crippen LogP contribution in [-0.4, -0.2) is 47.0 Å². The van der Waals surface area contributed by atoms with Crippen molar-refractivity contribution >= 4 is 28.9 Å². The van der Waals surface area contributed by atoms with E-state index in [1.165, 1.54) is 0 Å². The molecule has 1 amide bonds. The molecule has 1 aliphatic heterocycles. The molecule has 9 nitrogen and oxygen atoms in total. The lowest BCUT2D eigenvalue weighted by atomic mass is 9.96. The number of hydrogen-bond donors (Lipinski definition) is 2. The van der Waals surface area contributed by atoms with Gasteiger partial charge >= 0.3 is 0 Å². The van der Waals surface area contributed by atoms with Crippen LogP contribution in [0.25, 0.3) is 0 Å². The minimum atomic E-state index is -0.159. The fourth-order valence-corrected chi connectivity index (χ4v) is 5.13. The monoisotopic (exact) mass is 500 g/mol. The van der Waals surface area contributed by atoms with Crippen molar-refractivity contribution < 1.29 is 4.79 Å². The summed E-state index contributed by atoms with van der Waals surface area (Å²) >= 11 is 5.78. The maximum absolute atomic E-state index is 12.8. The molecule has 2 N–H and O–H groups in total. The second-order valence-electron chi connectivity index (χ2n) is 8.96. The molecule has 0 spiro atoms. The molecule has 3 aromatic heterocycles. The van der Waals surface area contributed by atoms with Crippen molar-refractivity contribution in [3.63, 3.8) is 0 Å². The van der Waals surface area contributed by atoms with Crippen LogP contribution in [0, 0.1) is 20.8 Å². The van der Waals surface area contributed by atoms with Crippen LogP contribution < -0.4 is 10.6 Å². The van der Waals surface area contributed by atoms with Crippen LogP contribution in [0.2, 0.25) is 0 Å². The SMILES string of the molecule is Cc1ccc(NC(=O)CCN2C(=S)NC(c3ccccn3)C2c2cc(C)n(-n3cnnc3)c2C)cc1. The molecule has 36 heavy (non-hydrogen) atoms. The summed E-state index contributed by atoms with van der Waals surface area (Å²) < 4.78 is 3.92. The highest BCUT2D eigenvalue weighted by Crippen LogP contribution is 2.40. The number of carbonyl (C=O) groups excluding carboxylic acids is 1. The number of nitrogens with zero attached hydrogens (tertiary/aromatic N) is 6. The van der Waals surface area contributed by atoms with Gasteiger partial charge in [-0.2, -0.15) is 0 Å². The number of rotatable bonds is 7. The first-order chi connectivity index (χ1) is 17.4. The molecule has 1 saturated heterocycles. The largest absolute Gasteiger partial charge is 0.352 e. The summed E-state index contributed by atoms with van der Waals surface area (Å²) in [6.45, 7) is 6.60. The van der Waals surface area contributed by atoms with Crippen LogP contribution >= 0.6 is 12.2 Å². The lowest BCUT2D eigenvalue weighted by Gasteiger charge is -2.28. The maximum Gasteiger partial charge on any atom is 0.226 e. The zero-order valence-electron chi connectivity index (χ0n) is 20.4. The second kappa shape index (κ2) is 9.90. The summed E-state index contributed by atoms with van der Waals surface area (Å²) in [4.78, 5) is 19.5. The molecule has 0 aliphatic carbocycles. The summed E-state index contributed by atoms with van der Waals surface area (Å²) in [6, 6.07) is 15.5. The molecule has 1 fully saturated rings. The fraction of sp³-hybridized carbons (Fsp3) is 0.269. The summed E-state index contributed by atoms with van der Waals surface area (Å²) in [6.07, 6.45) is 5.43. The Labute approximate surface area is 215 Å². The fourth-order valence-electron chi connectivity index (χ4n) is 4.80. The molecule has 4 aromatic rings. The molecule has 0 bridgehead atoms. The van der Waals surface area contributed by atoms with E-state index in [0.717, 1.165) is 33.9 Å². The van der Waals surface area contributed by atoms with Crippen molar-refractivity contribution in [3.05, 3.63) is 95.6 Å². The normalized spacial score (nSPS) is 17.3. The van der Waals surface area contributed by atoms with Crippen LogP contribution in [-0.2, 0) is 4.79 Å². The van der Waals surface area contributed by atoms with Gasteiger partial charge in [0.25, 0.3) is 0 Å². The van der Waals surface area contributed by atoms with E-state index in [2.05, 4.69) is 48.4 Å². The van der Waals surface area contributed by atoms with Gasteiger partial charge in [0, 0.05) is 41.8 Å². The molecule has 184 valence electrons. The number of nitrogens with one attached hydrogen (secondary N) is 2. The molecular formula is C26H28N8OS. The molecule has 4 heterocycles. The number of thiocarbonyl (C=S) groups is 1. The first-order valence-electron chi connectivity index (χ1n) is 11.8. The van der Waals surface area contributed by atoms with Gasteiger partial charge in [-0.25, -0.2) is 4.68 Å². The average molecular weight is 501 g/mol. The third-order valence-corrected chi connectivity index (χ3v) is 6.86. The van der Waals surface area contributed by atoms with Crippen LogP contribution in [0.1, 0.15) is 46.7 Å². The first kappa shape index (κ1) is 23.7. The Hall–Kier alpha value is -4.05. The summed E-state index contributed by atoms with van der Waals surface area (Å²) in [7, 11) is 0. The molecular weight excluding hydrogens is 472 g/mol. The third-order valence-electron chi connectivity index (χ3n) is 6.50. The minimum absolute atomic E-state index is 0.0587. The van der Waals surface area contributed by atoms with E-state index in [4.69, 9.17) is 12.2 Å². The van der Waals surface area contributed by atoms with E-state index in [9.17, 15) is 4.79 Å². The second-order valence-corrected chi connectivity index (χ2v) is 9.35. The minimum Gasteiger partial charge on any atom is -0.352 e. The highest BCUT2D eigenvalue weighted by Gasteiger charge is 2.41.